The standard InChI is InChI=1S/C15H22FN3O3S/c1-12(15(20)18-10-8-17(2)9-11-18)19(23(3,21)22)14-6-4-13(16)5-7-14/h4-7,12H,8-11H2,1-3H3. The first kappa shape index (κ1) is 17.7. The van der Waals surface area contributed by atoms with Crippen LogP contribution < -0.4 is 4.31 Å². The number of benzene rings is 1. The molecule has 0 bridgehead atoms. The Morgan fingerprint density at radius 3 is 2.17 bits per heavy atom. The summed E-state index contributed by atoms with van der Waals surface area (Å²) in [5, 5.41) is 0. The van der Waals surface area contributed by atoms with Crippen LogP contribution >= 0.6 is 0 Å². The van der Waals surface area contributed by atoms with E-state index in [0.717, 1.165) is 23.7 Å². The molecule has 1 amide bonds. The zero-order valence-electron chi connectivity index (χ0n) is 13.6. The summed E-state index contributed by atoms with van der Waals surface area (Å²) in [5.41, 5.74) is 0.281. The molecule has 8 heteroatoms. The van der Waals surface area contributed by atoms with Crippen molar-refractivity contribution in [1.29, 1.82) is 0 Å². The highest BCUT2D eigenvalue weighted by Crippen LogP contribution is 2.22. The van der Waals surface area contributed by atoms with E-state index in [1.54, 1.807) is 11.8 Å². The lowest BCUT2D eigenvalue weighted by Crippen LogP contribution is -2.54. The maximum atomic E-state index is 13.1. The number of halogens is 1. The van der Waals surface area contributed by atoms with Crippen LogP contribution in [0.2, 0.25) is 0 Å². The van der Waals surface area contributed by atoms with Crippen molar-refractivity contribution in [3.05, 3.63) is 30.1 Å². The van der Waals surface area contributed by atoms with Gasteiger partial charge in [-0.25, -0.2) is 12.8 Å². The molecule has 0 spiro atoms. The van der Waals surface area contributed by atoms with E-state index in [1.807, 2.05) is 7.05 Å². The Balaban J connectivity index is 2.25. The van der Waals surface area contributed by atoms with Crippen LogP contribution in [-0.4, -0.2) is 69.6 Å². The second-order valence-corrected chi connectivity index (χ2v) is 7.70. The predicted octanol–water partition coefficient (Wildman–Crippen LogP) is 0.754. The van der Waals surface area contributed by atoms with E-state index in [9.17, 15) is 17.6 Å². The SMILES string of the molecule is CC(C(=O)N1CCN(C)CC1)N(c1ccc(F)cc1)S(C)(=O)=O. The van der Waals surface area contributed by atoms with E-state index in [2.05, 4.69) is 4.90 Å². The van der Waals surface area contributed by atoms with Crippen LogP contribution in [0.15, 0.2) is 24.3 Å². The first-order chi connectivity index (χ1) is 10.7. The van der Waals surface area contributed by atoms with Gasteiger partial charge in [0, 0.05) is 26.2 Å². The Morgan fingerprint density at radius 2 is 1.70 bits per heavy atom. The van der Waals surface area contributed by atoms with Crippen molar-refractivity contribution in [3.8, 4) is 0 Å². The molecule has 1 atom stereocenters. The van der Waals surface area contributed by atoms with Gasteiger partial charge in [-0.2, -0.15) is 0 Å². The van der Waals surface area contributed by atoms with Crippen LogP contribution in [-0.2, 0) is 14.8 Å². The normalized spacial score (nSPS) is 17.8. The van der Waals surface area contributed by atoms with Gasteiger partial charge >= 0.3 is 0 Å². The van der Waals surface area contributed by atoms with Gasteiger partial charge in [-0.1, -0.05) is 0 Å². The quantitative estimate of drug-likeness (QED) is 0.810. The van der Waals surface area contributed by atoms with E-state index in [0.29, 0.717) is 13.1 Å². The van der Waals surface area contributed by atoms with Gasteiger partial charge in [0.05, 0.1) is 11.9 Å². The fourth-order valence-corrected chi connectivity index (χ4v) is 3.85. The molecule has 0 N–H and O–H groups in total. The minimum atomic E-state index is -3.67. The average Bonchev–Trinajstić information content (AvgIpc) is 2.48. The smallest absolute Gasteiger partial charge is 0.246 e. The number of rotatable bonds is 4. The number of likely N-dealkylation sites (N-methyl/N-ethyl adjacent to an activating group) is 1. The van der Waals surface area contributed by atoms with Gasteiger partial charge in [-0.15, -0.1) is 0 Å². The van der Waals surface area contributed by atoms with Gasteiger partial charge in [0.25, 0.3) is 0 Å². The largest absolute Gasteiger partial charge is 0.338 e. The number of carbonyl (C=O) groups is 1. The van der Waals surface area contributed by atoms with Crippen LogP contribution in [0.4, 0.5) is 10.1 Å². The van der Waals surface area contributed by atoms with E-state index < -0.39 is 21.9 Å². The van der Waals surface area contributed by atoms with Crippen molar-refractivity contribution in [2.45, 2.75) is 13.0 Å². The summed E-state index contributed by atoms with van der Waals surface area (Å²) in [6, 6.07) is 4.22. The van der Waals surface area contributed by atoms with E-state index in [4.69, 9.17) is 0 Å². The summed E-state index contributed by atoms with van der Waals surface area (Å²) in [5.74, 6) is -0.701. The number of carbonyl (C=O) groups excluding carboxylic acids is 1. The fraction of sp³-hybridized carbons (Fsp3) is 0.533. The first-order valence-electron chi connectivity index (χ1n) is 7.42. The van der Waals surface area contributed by atoms with Crippen LogP contribution in [0, 0.1) is 5.82 Å². The van der Waals surface area contributed by atoms with Gasteiger partial charge in [-0.3, -0.25) is 9.10 Å². The van der Waals surface area contributed by atoms with E-state index in [1.165, 1.54) is 24.3 Å². The number of anilines is 1. The highest BCUT2D eigenvalue weighted by atomic mass is 32.2. The third kappa shape index (κ3) is 4.20. The molecule has 1 aliphatic heterocycles. The van der Waals surface area contributed by atoms with Gasteiger partial charge in [0.1, 0.15) is 11.9 Å². The molecule has 1 aromatic rings. The average molecular weight is 343 g/mol. The molecule has 1 aliphatic rings. The van der Waals surface area contributed by atoms with Crippen LogP contribution in [0.1, 0.15) is 6.92 Å². The zero-order chi connectivity index (χ0) is 17.2. The molecule has 128 valence electrons. The van der Waals surface area contributed by atoms with Gasteiger partial charge in [0.15, 0.2) is 0 Å². The van der Waals surface area contributed by atoms with Crippen molar-refractivity contribution >= 4 is 21.6 Å². The number of hydrogen-bond acceptors (Lipinski definition) is 4. The third-order valence-corrected chi connectivity index (χ3v) is 5.20. The van der Waals surface area contributed by atoms with Crippen molar-refractivity contribution in [2.75, 3.05) is 43.8 Å². The molecule has 0 radical (unpaired) electrons. The van der Waals surface area contributed by atoms with Crippen molar-refractivity contribution in [1.82, 2.24) is 9.80 Å². The Hall–Kier alpha value is -1.67. The van der Waals surface area contributed by atoms with E-state index >= 15 is 0 Å². The minimum Gasteiger partial charge on any atom is -0.338 e. The van der Waals surface area contributed by atoms with Crippen molar-refractivity contribution in [3.63, 3.8) is 0 Å². The van der Waals surface area contributed by atoms with Crippen molar-refractivity contribution in [2.24, 2.45) is 0 Å². The Labute approximate surface area is 136 Å². The molecular weight excluding hydrogens is 321 g/mol. The summed E-state index contributed by atoms with van der Waals surface area (Å²) in [6.07, 6.45) is 1.05. The maximum Gasteiger partial charge on any atom is 0.246 e. The molecule has 1 heterocycles. The van der Waals surface area contributed by atoms with E-state index in [-0.39, 0.29) is 11.6 Å². The second-order valence-electron chi connectivity index (χ2n) is 5.84. The van der Waals surface area contributed by atoms with Crippen LogP contribution in [0.5, 0.6) is 0 Å². The fourth-order valence-electron chi connectivity index (χ4n) is 2.68. The number of piperazine rings is 1. The molecular formula is C15H22FN3O3S. The molecule has 1 saturated heterocycles. The lowest BCUT2D eigenvalue weighted by Gasteiger charge is -2.36. The van der Waals surface area contributed by atoms with Crippen molar-refractivity contribution < 1.29 is 17.6 Å². The molecule has 2 rings (SSSR count). The molecule has 1 aromatic carbocycles. The maximum absolute atomic E-state index is 13.1. The third-order valence-electron chi connectivity index (χ3n) is 3.96. The highest BCUT2D eigenvalue weighted by Gasteiger charge is 2.32. The summed E-state index contributed by atoms with van der Waals surface area (Å²) < 4.78 is 38.4. The number of hydrogen-bond donors (Lipinski definition) is 0. The Kier molecular flexibility index (Phi) is 5.26. The van der Waals surface area contributed by atoms with Crippen LogP contribution in [0.25, 0.3) is 0 Å². The molecule has 0 saturated carbocycles. The molecule has 6 nitrogen and oxygen atoms in total. The highest BCUT2D eigenvalue weighted by molar-refractivity contribution is 7.92. The summed E-state index contributed by atoms with van der Waals surface area (Å²) in [7, 11) is -1.69. The molecule has 1 unspecified atom stereocenters. The van der Waals surface area contributed by atoms with Crippen LogP contribution in [0.3, 0.4) is 0 Å². The number of sulfonamides is 1. The zero-order valence-corrected chi connectivity index (χ0v) is 14.4. The van der Waals surface area contributed by atoms with Gasteiger partial charge < -0.3 is 9.80 Å². The topological polar surface area (TPSA) is 60.9 Å². The second kappa shape index (κ2) is 6.84. The minimum absolute atomic E-state index is 0.243. The predicted molar refractivity (Wildman–Crippen MR) is 87.3 cm³/mol. The first-order valence-corrected chi connectivity index (χ1v) is 9.27. The van der Waals surface area contributed by atoms with Gasteiger partial charge in [-0.05, 0) is 38.2 Å². The Bertz CT molecular complexity index is 655. The number of nitrogens with zero attached hydrogens (tertiary/aromatic N) is 3. The monoisotopic (exact) mass is 343 g/mol. The summed E-state index contributed by atoms with van der Waals surface area (Å²) in [4.78, 5) is 16.4. The lowest BCUT2D eigenvalue weighted by atomic mass is 10.2. The van der Waals surface area contributed by atoms with Gasteiger partial charge in [0.2, 0.25) is 15.9 Å². The molecule has 0 aromatic heterocycles. The molecule has 0 aliphatic carbocycles. The molecule has 1 fully saturated rings. The molecule has 23 heavy (non-hydrogen) atoms. The Morgan fingerprint density at radius 1 is 1.17 bits per heavy atom. The number of amides is 1. The summed E-state index contributed by atoms with van der Waals surface area (Å²) >= 11 is 0. The summed E-state index contributed by atoms with van der Waals surface area (Å²) in [6.45, 7) is 4.22. The lowest BCUT2D eigenvalue weighted by molar-refractivity contribution is -0.133.